The number of methoxy groups -OCH3 is 2. The Morgan fingerprint density at radius 2 is 1.88 bits per heavy atom. The molecule has 7 nitrogen and oxygen atoms in total. The van der Waals surface area contributed by atoms with E-state index < -0.39 is 17.1 Å². The molecule has 1 aliphatic heterocycles. The van der Waals surface area contributed by atoms with Gasteiger partial charge in [0, 0.05) is 23.4 Å². The highest BCUT2D eigenvalue weighted by molar-refractivity contribution is 9.09. The van der Waals surface area contributed by atoms with Gasteiger partial charge in [0.1, 0.15) is 11.5 Å². The molecule has 0 spiro atoms. The van der Waals surface area contributed by atoms with Crippen LogP contribution >= 0.6 is 15.9 Å². The highest BCUT2D eigenvalue weighted by atomic mass is 79.9. The minimum Gasteiger partial charge on any atom is -0.501 e. The highest BCUT2D eigenvalue weighted by Crippen LogP contribution is 2.39. The number of amides is 1. The summed E-state index contributed by atoms with van der Waals surface area (Å²) in [6, 6.07) is 4.88. The molecule has 0 aromatic heterocycles. The van der Waals surface area contributed by atoms with Crippen LogP contribution in [0, 0.1) is 0 Å². The topological polar surface area (TPSA) is 94.1 Å². The van der Waals surface area contributed by atoms with Crippen molar-refractivity contribution in [3.8, 4) is 11.5 Å². The zero-order chi connectivity index (χ0) is 18.6. The number of alkyl halides is 1. The fourth-order valence-corrected chi connectivity index (χ4v) is 2.68. The number of ketones is 1. The van der Waals surface area contributed by atoms with Gasteiger partial charge >= 0.3 is 0 Å². The predicted molar refractivity (Wildman–Crippen MR) is 93.8 cm³/mol. The smallest absolute Gasteiger partial charge is 0.250 e. The summed E-state index contributed by atoms with van der Waals surface area (Å²) in [5.41, 5.74) is -1.06. The zero-order valence-electron chi connectivity index (χ0n) is 14.2. The van der Waals surface area contributed by atoms with Crippen molar-refractivity contribution in [2.24, 2.45) is 0 Å². The molecule has 1 aliphatic rings. The third-order valence-electron chi connectivity index (χ3n) is 3.86. The van der Waals surface area contributed by atoms with Crippen LogP contribution in [0.4, 0.5) is 0 Å². The lowest BCUT2D eigenvalue weighted by molar-refractivity contribution is -0.133. The van der Waals surface area contributed by atoms with Crippen LogP contribution in [-0.2, 0) is 19.9 Å². The van der Waals surface area contributed by atoms with Gasteiger partial charge in [0.15, 0.2) is 5.60 Å². The average molecular weight is 414 g/mol. The molecule has 0 aliphatic carbocycles. The van der Waals surface area contributed by atoms with Crippen molar-refractivity contribution in [1.29, 1.82) is 0 Å². The van der Waals surface area contributed by atoms with Crippen molar-refractivity contribution in [3.63, 3.8) is 0 Å². The minimum absolute atomic E-state index is 0.239. The van der Waals surface area contributed by atoms with Crippen LogP contribution in [0.1, 0.15) is 25.3 Å². The van der Waals surface area contributed by atoms with E-state index in [-0.39, 0.29) is 18.2 Å². The van der Waals surface area contributed by atoms with Gasteiger partial charge in [0.05, 0.1) is 14.2 Å². The number of aliphatic hydroxyl groups excluding tert-OH is 1. The third kappa shape index (κ3) is 3.89. The van der Waals surface area contributed by atoms with Crippen molar-refractivity contribution >= 4 is 27.6 Å². The van der Waals surface area contributed by atoms with E-state index in [0.29, 0.717) is 28.8 Å². The second-order valence-electron chi connectivity index (χ2n) is 5.58. The summed E-state index contributed by atoms with van der Waals surface area (Å²) in [5.74, 6) is -0.909. The van der Waals surface area contributed by atoms with Gasteiger partial charge in [-0.2, -0.15) is 0 Å². The number of nitrogens with one attached hydrogen (secondary N) is 1. The summed E-state index contributed by atoms with van der Waals surface area (Å²) in [5, 5.41) is 13.2. The highest BCUT2D eigenvalue weighted by Gasteiger charge is 2.48. The lowest BCUT2D eigenvalue weighted by atomic mass is 9.91. The number of carbonyl (C=O) groups is 2. The Balaban J connectivity index is 2.29. The van der Waals surface area contributed by atoms with Crippen molar-refractivity contribution in [2.45, 2.75) is 25.4 Å². The molecule has 1 aromatic carbocycles. The van der Waals surface area contributed by atoms with E-state index >= 15 is 0 Å². The number of benzene rings is 1. The number of Topliss-reactive ketones (excluding diaryl/α,β-unsaturated/α-hetero) is 1. The van der Waals surface area contributed by atoms with Crippen LogP contribution < -0.4 is 14.8 Å². The monoisotopic (exact) mass is 413 g/mol. The van der Waals surface area contributed by atoms with E-state index in [0.717, 1.165) is 0 Å². The standard InChI is InChI=1S/C17H20BrNO6/c1-17(10-7-11(23-2)9-12(8-10)24-3)15(22)14(21)16(25-17)19-13(20)5-4-6-18/h7-9,21H,4-6H2,1-3H3,(H,19,20). The first-order chi connectivity index (χ1) is 11.8. The van der Waals surface area contributed by atoms with Gasteiger partial charge in [-0.3, -0.25) is 14.9 Å². The molecule has 0 bridgehead atoms. The molecule has 1 atom stereocenters. The number of aliphatic hydroxyl groups is 1. The quantitative estimate of drug-likeness (QED) is 0.667. The van der Waals surface area contributed by atoms with E-state index in [9.17, 15) is 14.7 Å². The van der Waals surface area contributed by atoms with Crippen LogP contribution in [0.25, 0.3) is 0 Å². The molecule has 25 heavy (non-hydrogen) atoms. The zero-order valence-corrected chi connectivity index (χ0v) is 15.8. The fourth-order valence-electron chi connectivity index (χ4n) is 2.40. The molecule has 0 saturated carbocycles. The normalized spacial score (nSPS) is 19.6. The summed E-state index contributed by atoms with van der Waals surface area (Å²) in [6.07, 6.45) is 0.863. The van der Waals surface area contributed by atoms with E-state index in [2.05, 4.69) is 21.2 Å². The van der Waals surface area contributed by atoms with Gasteiger partial charge in [0.2, 0.25) is 17.5 Å². The van der Waals surface area contributed by atoms with Crippen LogP contribution in [0.5, 0.6) is 11.5 Å². The van der Waals surface area contributed by atoms with Gasteiger partial charge in [-0.15, -0.1) is 0 Å². The number of ether oxygens (including phenoxy) is 3. The lowest BCUT2D eigenvalue weighted by Gasteiger charge is -2.24. The summed E-state index contributed by atoms with van der Waals surface area (Å²) in [7, 11) is 2.98. The lowest BCUT2D eigenvalue weighted by Crippen LogP contribution is -2.32. The number of hydrogen-bond acceptors (Lipinski definition) is 6. The Morgan fingerprint density at radius 3 is 2.40 bits per heavy atom. The molecule has 1 amide bonds. The summed E-state index contributed by atoms with van der Waals surface area (Å²) in [6.45, 7) is 1.51. The van der Waals surface area contributed by atoms with Crippen LogP contribution in [0.3, 0.4) is 0 Å². The fraction of sp³-hybridized carbons (Fsp3) is 0.412. The third-order valence-corrected chi connectivity index (χ3v) is 4.42. The molecule has 2 N–H and O–H groups in total. The SMILES string of the molecule is COc1cc(OC)cc(C2(C)OC(NC(=O)CCCBr)=C(O)C2=O)c1. The molecule has 8 heteroatoms. The first-order valence-electron chi connectivity index (χ1n) is 7.62. The Kier molecular flexibility index (Phi) is 5.94. The Morgan fingerprint density at radius 1 is 1.28 bits per heavy atom. The second kappa shape index (κ2) is 7.77. The maximum Gasteiger partial charge on any atom is 0.250 e. The predicted octanol–water partition coefficient (Wildman–Crippen LogP) is 2.54. The molecule has 1 unspecified atom stereocenters. The van der Waals surface area contributed by atoms with Gasteiger partial charge in [-0.1, -0.05) is 15.9 Å². The molecule has 0 saturated heterocycles. The molecular formula is C17H20BrNO6. The van der Waals surface area contributed by atoms with Crippen LogP contribution in [-0.4, -0.2) is 36.3 Å². The molecular weight excluding hydrogens is 394 g/mol. The molecule has 2 rings (SSSR count). The first kappa shape index (κ1) is 19.1. The first-order valence-corrected chi connectivity index (χ1v) is 8.74. The average Bonchev–Trinajstić information content (AvgIpc) is 2.84. The largest absolute Gasteiger partial charge is 0.501 e. The van der Waals surface area contributed by atoms with E-state index in [1.54, 1.807) is 18.2 Å². The van der Waals surface area contributed by atoms with Gasteiger partial charge in [0.25, 0.3) is 5.78 Å². The number of rotatable bonds is 7. The van der Waals surface area contributed by atoms with Gasteiger partial charge < -0.3 is 19.3 Å². The molecule has 1 aromatic rings. The maximum absolute atomic E-state index is 12.6. The summed E-state index contributed by atoms with van der Waals surface area (Å²) < 4.78 is 16.0. The molecule has 0 fully saturated rings. The second-order valence-corrected chi connectivity index (χ2v) is 6.38. The van der Waals surface area contributed by atoms with Gasteiger partial charge in [-0.25, -0.2) is 0 Å². The molecule has 136 valence electrons. The molecule has 0 radical (unpaired) electrons. The summed E-state index contributed by atoms with van der Waals surface area (Å²) >= 11 is 3.24. The van der Waals surface area contributed by atoms with Crippen LogP contribution in [0.15, 0.2) is 29.8 Å². The van der Waals surface area contributed by atoms with Crippen molar-refractivity contribution in [1.82, 2.24) is 5.32 Å². The van der Waals surface area contributed by atoms with E-state index in [4.69, 9.17) is 14.2 Å². The van der Waals surface area contributed by atoms with E-state index in [1.165, 1.54) is 21.1 Å². The number of carbonyl (C=O) groups excluding carboxylic acids is 2. The molecule has 1 heterocycles. The van der Waals surface area contributed by atoms with Crippen LogP contribution in [0.2, 0.25) is 0 Å². The van der Waals surface area contributed by atoms with Crippen molar-refractivity contribution in [2.75, 3.05) is 19.5 Å². The van der Waals surface area contributed by atoms with Crippen molar-refractivity contribution in [3.05, 3.63) is 35.4 Å². The van der Waals surface area contributed by atoms with E-state index in [1.807, 2.05) is 0 Å². The van der Waals surface area contributed by atoms with Gasteiger partial charge in [-0.05, 0) is 25.5 Å². The number of halogens is 1. The minimum atomic E-state index is -1.50. The Hall–Kier alpha value is -2.22. The number of hydrogen-bond donors (Lipinski definition) is 2. The Labute approximate surface area is 154 Å². The summed E-state index contributed by atoms with van der Waals surface area (Å²) in [4.78, 5) is 24.4. The van der Waals surface area contributed by atoms with Crippen molar-refractivity contribution < 1.29 is 28.9 Å². The Bertz CT molecular complexity index is 695. The maximum atomic E-state index is 12.6.